The summed E-state index contributed by atoms with van der Waals surface area (Å²) in [6.07, 6.45) is 9.27. The number of nitrogens with one attached hydrogen (secondary N) is 1. The molecular formula is C15H17N5. The molecule has 2 aromatic heterocycles. The highest BCUT2D eigenvalue weighted by molar-refractivity contribution is 5.51. The lowest BCUT2D eigenvalue weighted by molar-refractivity contribution is 0.719. The van der Waals surface area contributed by atoms with E-state index in [0.29, 0.717) is 0 Å². The molecule has 0 unspecified atom stereocenters. The first kappa shape index (κ1) is 12.5. The summed E-state index contributed by atoms with van der Waals surface area (Å²) in [7, 11) is 0. The molecule has 0 saturated heterocycles. The SMILES string of the molecule is CCn1cncc1CNc1cccc(-n2ccnc2)c1. The first-order valence-electron chi connectivity index (χ1n) is 6.68. The number of benzene rings is 1. The second-order valence-corrected chi connectivity index (χ2v) is 4.54. The lowest BCUT2D eigenvalue weighted by Crippen LogP contribution is -2.06. The number of hydrogen-bond donors (Lipinski definition) is 1. The van der Waals surface area contributed by atoms with Gasteiger partial charge in [0.25, 0.3) is 0 Å². The Kier molecular flexibility index (Phi) is 3.50. The van der Waals surface area contributed by atoms with E-state index in [-0.39, 0.29) is 0 Å². The van der Waals surface area contributed by atoms with Gasteiger partial charge in [-0.25, -0.2) is 9.97 Å². The number of anilines is 1. The van der Waals surface area contributed by atoms with Crippen LogP contribution in [0.2, 0.25) is 0 Å². The van der Waals surface area contributed by atoms with Crippen molar-refractivity contribution in [3.8, 4) is 5.69 Å². The van der Waals surface area contributed by atoms with Gasteiger partial charge < -0.3 is 14.5 Å². The van der Waals surface area contributed by atoms with E-state index in [2.05, 4.69) is 45.0 Å². The molecule has 0 fully saturated rings. The highest BCUT2D eigenvalue weighted by Gasteiger charge is 2.01. The zero-order valence-electron chi connectivity index (χ0n) is 11.4. The van der Waals surface area contributed by atoms with Crippen LogP contribution in [0, 0.1) is 0 Å². The second-order valence-electron chi connectivity index (χ2n) is 4.54. The van der Waals surface area contributed by atoms with Gasteiger partial charge in [0, 0.05) is 36.5 Å². The lowest BCUT2D eigenvalue weighted by Gasteiger charge is -2.10. The van der Waals surface area contributed by atoms with E-state index in [1.165, 1.54) is 5.69 Å². The Hall–Kier alpha value is -2.56. The van der Waals surface area contributed by atoms with Crippen LogP contribution in [-0.2, 0) is 13.1 Å². The van der Waals surface area contributed by atoms with Crippen molar-refractivity contribution >= 4 is 5.69 Å². The summed E-state index contributed by atoms with van der Waals surface area (Å²) < 4.78 is 4.12. The molecule has 0 saturated carbocycles. The average Bonchev–Trinajstić information content (AvgIpc) is 3.16. The smallest absolute Gasteiger partial charge is 0.0991 e. The summed E-state index contributed by atoms with van der Waals surface area (Å²) in [6, 6.07) is 8.26. The summed E-state index contributed by atoms with van der Waals surface area (Å²) in [5.74, 6) is 0. The number of imidazole rings is 2. The summed E-state index contributed by atoms with van der Waals surface area (Å²) in [5.41, 5.74) is 3.36. The second kappa shape index (κ2) is 5.61. The standard InChI is InChI=1S/C15H17N5/c1-2-19-12-17-9-15(19)10-18-13-4-3-5-14(8-13)20-7-6-16-11-20/h3-9,11-12,18H,2,10H2,1H3. The van der Waals surface area contributed by atoms with Gasteiger partial charge in [0.05, 0.1) is 24.9 Å². The van der Waals surface area contributed by atoms with Crippen LogP contribution in [0.25, 0.3) is 5.69 Å². The van der Waals surface area contributed by atoms with Crippen LogP contribution in [0.5, 0.6) is 0 Å². The molecule has 0 spiro atoms. The largest absolute Gasteiger partial charge is 0.379 e. The van der Waals surface area contributed by atoms with Gasteiger partial charge in [0.2, 0.25) is 0 Å². The van der Waals surface area contributed by atoms with Crippen LogP contribution in [0.15, 0.2) is 55.5 Å². The molecule has 0 aliphatic carbocycles. The molecule has 3 aromatic rings. The minimum Gasteiger partial charge on any atom is -0.379 e. The Balaban J connectivity index is 1.74. The molecule has 0 radical (unpaired) electrons. The topological polar surface area (TPSA) is 47.7 Å². The first-order chi connectivity index (χ1) is 9.86. The summed E-state index contributed by atoms with van der Waals surface area (Å²) in [4.78, 5) is 8.24. The van der Waals surface area contributed by atoms with E-state index < -0.39 is 0 Å². The third-order valence-corrected chi connectivity index (χ3v) is 3.26. The predicted molar refractivity (Wildman–Crippen MR) is 78.8 cm³/mol. The van der Waals surface area contributed by atoms with Crippen LogP contribution in [0.1, 0.15) is 12.6 Å². The Morgan fingerprint density at radius 3 is 2.95 bits per heavy atom. The van der Waals surface area contributed by atoms with Crippen molar-refractivity contribution in [1.29, 1.82) is 0 Å². The van der Waals surface area contributed by atoms with Crippen LogP contribution in [0.4, 0.5) is 5.69 Å². The van der Waals surface area contributed by atoms with Crippen molar-refractivity contribution in [2.45, 2.75) is 20.0 Å². The van der Waals surface area contributed by atoms with Gasteiger partial charge in [-0.2, -0.15) is 0 Å². The highest BCUT2D eigenvalue weighted by Crippen LogP contribution is 2.15. The molecule has 0 bridgehead atoms. The van der Waals surface area contributed by atoms with Gasteiger partial charge in [0.15, 0.2) is 0 Å². The molecule has 0 atom stereocenters. The Labute approximate surface area is 117 Å². The van der Waals surface area contributed by atoms with E-state index in [4.69, 9.17) is 0 Å². The average molecular weight is 267 g/mol. The molecule has 20 heavy (non-hydrogen) atoms. The normalized spacial score (nSPS) is 10.7. The zero-order valence-corrected chi connectivity index (χ0v) is 11.4. The number of rotatable bonds is 5. The predicted octanol–water partition coefficient (Wildman–Crippen LogP) is 2.70. The number of nitrogens with zero attached hydrogens (tertiary/aromatic N) is 4. The third kappa shape index (κ3) is 2.56. The van der Waals surface area contributed by atoms with Crippen LogP contribution in [0.3, 0.4) is 0 Å². The van der Waals surface area contributed by atoms with E-state index in [1.54, 1.807) is 12.5 Å². The molecule has 1 N–H and O–H groups in total. The fourth-order valence-corrected chi connectivity index (χ4v) is 2.16. The van der Waals surface area contributed by atoms with Crippen molar-refractivity contribution in [3.05, 3.63) is 61.2 Å². The Morgan fingerprint density at radius 2 is 2.15 bits per heavy atom. The zero-order chi connectivity index (χ0) is 13.8. The van der Waals surface area contributed by atoms with Crippen LogP contribution < -0.4 is 5.32 Å². The van der Waals surface area contributed by atoms with Crippen LogP contribution in [-0.4, -0.2) is 19.1 Å². The maximum Gasteiger partial charge on any atom is 0.0991 e. The molecule has 2 heterocycles. The number of aromatic nitrogens is 4. The maximum atomic E-state index is 4.17. The number of aryl methyl sites for hydroxylation is 1. The van der Waals surface area contributed by atoms with E-state index in [0.717, 1.165) is 24.5 Å². The van der Waals surface area contributed by atoms with Gasteiger partial charge in [0.1, 0.15) is 0 Å². The molecule has 5 nitrogen and oxygen atoms in total. The van der Waals surface area contributed by atoms with Crippen molar-refractivity contribution in [2.24, 2.45) is 0 Å². The highest BCUT2D eigenvalue weighted by atomic mass is 15.1. The quantitative estimate of drug-likeness (QED) is 0.773. The minimum atomic E-state index is 0.765. The monoisotopic (exact) mass is 267 g/mol. The Morgan fingerprint density at radius 1 is 1.20 bits per heavy atom. The summed E-state index contributed by atoms with van der Waals surface area (Å²) >= 11 is 0. The first-order valence-corrected chi connectivity index (χ1v) is 6.68. The molecule has 3 rings (SSSR count). The third-order valence-electron chi connectivity index (χ3n) is 3.26. The fraction of sp³-hybridized carbons (Fsp3) is 0.200. The van der Waals surface area contributed by atoms with Crippen molar-refractivity contribution in [2.75, 3.05) is 5.32 Å². The summed E-state index contributed by atoms with van der Waals surface area (Å²) in [6.45, 7) is 3.82. The van der Waals surface area contributed by atoms with E-state index >= 15 is 0 Å². The van der Waals surface area contributed by atoms with Crippen molar-refractivity contribution < 1.29 is 0 Å². The molecule has 5 heteroatoms. The van der Waals surface area contributed by atoms with Crippen LogP contribution >= 0.6 is 0 Å². The van der Waals surface area contributed by atoms with Crippen molar-refractivity contribution in [3.63, 3.8) is 0 Å². The van der Waals surface area contributed by atoms with Gasteiger partial charge >= 0.3 is 0 Å². The minimum absolute atomic E-state index is 0.765. The number of hydrogen-bond acceptors (Lipinski definition) is 3. The van der Waals surface area contributed by atoms with Gasteiger partial charge in [-0.05, 0) is 25.1 Å². The van der Waals surface area contributed by atoms with E-state index in [9.17, 15) is 0 Å². The van der Waals surface area contributed by atoms with Gasteiger partial charge in [-0.15, -0.1) is 0 Å². The molecule has 0 aliphatic rings. The summed E-state index contributed by atoms with van der Waals surface area (Å²) in [5, 5.41) is 3.43. The molecule has 1 aromatic carbocycles. The Bertz CT molecular complexity index is 669. The fourth-order valence-electron chi connectivity index (χ4n) is 2.16. The maximum absolute atomic E-state index is 4.17. The molecular weight excluding hydrogens is 250 g/mol. The van der Waals surface area contributed by atoms with Crippen molar-refractivity contribution in [1.82, 2.24) is 19.1 Å². The lowest BCUT2D eigenvalue weighted by atomic mass is 10.2. The molecule has 102 valence electrons. The van der Waals surface area contributed by atoms with Gasteiger partial charge in [-0.3, -0.25) is 0 Å². The molecule has 0 aliphatic heterocycles. The molecule has 0 amide bonds. The van der Waals surface area contributed by atoms with Gasteiger partial charge in [-0.1, -0.05) is 6.07 Å². The van der Waals surface area contributed by atoms with E-state index in [1.807, 2.05) is 29.4 Å².